The summed E-state index contributed by atoms with van der Waals surface area (Å²) in [6, 6.07) is 0. The van der Waals surface area contributed by atoms with E-state index in [1.54, 1.807) is 0 Å². The molecule has 0 aliphatic heterocycles. The molecule has 5 N–H and O–H groups in total. The fraction of sp³-hybridized carbons (Fsp3) is 0.857. The van der Waals surface area contributed by atoms with Crippen molar-refractivity contribution < 1.29 is 30.3 Å². The van der Waals surface area contributed by atoms with Crippen molar-refractivity contribution in [2.24, 2.45) is 0 Å². The standard InChI is InChI=1S/C7H14O6/c1-3(9)5(11)7(13)6(12)4(10)2-8/h3,5-9,11-13H,2H2,1H3/t3-,5-,6-,7-/m1/s1. The Morgan fingerprint density at radius 1 is 1.15 bits per heavy atom. The van der Waals surface area contributed by atoms with Gasteiger partial charge < -0.3 is 25.5 Å². The van der Waals surface area contributed by atoms with Crippen LogP contribution in [0.2, 0.25) is 0 Å². The first kappa shape index (κ1) is 12.5. The van der Waals surface area contributed by atoms with Crippen molar-refractivity contribution in [1.29, 1.82) is 0 Å². The molecule has 0 unspecified atom stereocenters. The highest BCUT2D eigenvalue weighted by Gasteiger charge is 2.31. The zero-order valence-electron chi connectivity index (χ0n) is 7.16. The second-order valence-corrected chi connectivity index (χ2v) is 2.79. The third kappa shape index (κ3) is 3.37. The number of hydrogen-bond donors (Lipinski definition) is 5. The van der Waals surface area contributed by atoms with Crippen LogP contribution in [0, 0.1) is 0 Å². The molecule has 0 aromatic carbocycles. The Bertz CT molecular complexity index is 168. The van der Waals surface area contributed by atoms with Gasteiger partial charge in [-0.05, 0) is 6.92 Å². The summed E-state index contributed by atoms with van der Waals surface area (Å²) in [7, 11) is 0. The first-order valence-corrected chi connectivity index (χ1v) is 3.77. The van der Waals surface area contributed by atoms with Crippen LogP contribution in [-0.4, -0.2) is 62.3 Å². The van der Waals surface area contributed by atoms with Crippen molar-refractivity contribution >= 4 is 5.78 Å². The largest absolute Gasteiger partial charge is 0.391 e. The van der Waals surface area contributed by atoms with Crippen LogP contribution in [-0.2, 0) is 4.79 Å². The van der Waals surface area contributed by atoms with Gasteiger partial charge in [-0.15, -0.1) is 0 Å². The minimum absolute atomic E-state index is 0.926. The number of hydrogen-bond acceptors (Lipinski definition) is 6. The Balaban J connectivity index is 4.24. The third-order valence-corrected chi connectivity index (χ3v) is 1.65. The lowest BCUT2D eigenvalue weighted by molar-refractivity contribution is -0.146. The predicted octanol–water partition coefficient (Wildman–Crippen LogP) is -2.99. The Hall–Kier alpha value is -0.530. The number of carbonyl (C=O) groups is 1. The maximum Gasteiger partial charge on any atom is 0.189 e. The van der Waals surface area contributed by atoms with Gasteiger partial charge in [0.05, 0.1) is 6.10 Å². The van der Waals surface area contributed by atoms with Gasteiger partial charge in [0.25, 0.3) is 0 Å². The zero-order valence-corrected chi connectivity index (χ0v) is 7.16. The normalized spacial score (nSPS) is 20.5. The van der Waals surface area contributed by atoms with Crippen molar-refractivity contribution in [3.8, 4) is 0 Å². The lowest BCUT2D eigenvalue weighted by Crippen LogP contribution is -2.47. The summed E-state index contributed by atoms with van der Waals surface area (Å²) < 4.78 is 0. The van der Waals surface area contributed by atoms with E-state index in [1.807, 2.05) is 0 Å². The lowest BCUT2D eigenvalue weighted by Gasteiger charge is -2.23. The van der Waals surface area contributed by atoms with E-state index >= 15 is 0 Å². The van der Waals surface area contributed by atoms with Gasteiger partial charge in [-0.1, -0.05) is 0 Å². The molecule has 0 saturated carbocycles. The van der Waals surface area contributed by atoms with Gasteiger partial charge in [0.1, 0.15) is 24.9 Å². The molecule has 6 nitrogen and oxygen atoms in total. The van der Waals surface area contributed by atoms with Crippen molar-refractivity contribution in [2.75, 3.05) is 6.61 Å². The maximum absolute atomic E-state index is 10.6. The van der Waals surface area contributed by atoms with Crippen LogP contribution in [0.3, 0.4) is 0 Å². The van der Waals surface area contributed by atoms with Gasteiger partial charge >= 0.3 is 0 Å². The number of carbonyl (C=O) groups excluding carboxylic acids is 1. The molecule has 78 valence electrons. The molecule has 0 aromatic heterocycles. The molecule has 0 aromatic rings. The fourth-order valence-electron chi connectivity index (χ4n) is 0.756. The van der Waals surface area contributed by atoms with E-state index in [0.717, 1.165) is 0 Å². The van der Waals surface area contributed by atoms with E-state index in [4.69, 9.17) is 25.5 Å². The molecule has 0 bridgehead atoms. The van der Waals surface area contributed by atoms with Gasteiger partial charge in [-0.3, -0.25) is 4.79 Å². The molecule has 4 atom stereocenters. The van der Waals surface area contributed by atoms with Gasteiger partial charge in [0.15, 0.2) is 5.78 Å². The average molecular weight is 194 g/mol. The Labute approximate surface area is 75.1 Å². The van der Waals surface area contributed by atoms with E-state index in [1.165, 1.54) is 6.92 Å². The molecule has 0 fully saturated rings. The molecule has 0 saturated heterocycles. The van der Waals surface area contributed by atoms with Crippen LogP contribution >= 0.6 is 0 Å². The first-order valence-electron chi connectivity index (χ1n) is 3.77. The molecule has 13 heavy (non-hydrogen) atoms. The van der Waals surface area contributed by atoms with Crippen molar-refractivity contribution in [3.63, 3.8) is 0 Å². The summed E-state index contributed by atoms with van der Waals surface area (Å²) in [4.78, 5) is 10.6. The predicted molar refractivity (Wildman–Crippen MR) is 41.8 cm³/mol. The summed E-state index contributed by atoms with van der Waals surface area (Å²) in [6.07, 6.45) is -6.56. The van der Waals surface area contributed by atoms with E-state index < -0.39 is 36.8 Å². The molecule has 0 rings (SSSR count). The van der Waals surface area contributed by atoms with Crippen LogP contribution in [0.25, 0.3) is 0 Å². The molecule has 0 spiro atoms. The monoisotopic (exact) mass is 194 g/mol. The van der Waals surface area contributed by atoms with Crippen LogP contribution in [0.1, 0.15) is 6.92 Å². The topological polar surface area (TPSA) is 118 Å². The van der Waals surface area contributed by atoms with E-state index in [0.29, 0.717) is 0 Å². The third-order valence-electron chi connectivity index (χ3n) is 1.65. The highest BCUT2D eigenvalue weighted by molar-refractivity contribution is 5.84. The first-order chi connectivity index (χ1) is 5.91. The Morgan fingerprint density at radius 3 is 1.92 bits per heavy atom. The van der Waals surface area contributed by atoms with E-state index in [9.17, 15) is 4.79 Å². The fourth-order valence-corrected chi connectivity index (χ4v) is 0.756. The van der Waals surface area contributed by atoms with Gasteiger partial charge in [0.2, 0.25) is 0 Å². The second-order valence-electron chi connectivity index (χ2n) is 2.79. The molecule has 6 heteroatoms. The molecule has 0 aliphatic carbocycles. The number of aliphatic hydroxyl groups excluding tert-OH is 5. The highest BCUT2D eigenvalue weighted by atomic mass is 16.4. The minimum atomic E-state index is -1.88. The molecule has 0 radical (unpaired) electrons. The van der Waals surface area contributed by atoms with Crippen molar-refractivity contribution in [3.05, 3.63) is 0 Å². The smallest absolute Gasteiger partial charge is 0.189 e. The molecule has 0 heterocycles. The summed E-state index contributed by atoms with van der Waals surface area (Å²) in [5.74, 6) is -1.01. The van der Waals surface area contributed by atoms with Crippen LogP contribution in [0.4, 0.5) is 0 Å². The second kappa shape index (κ2) is 5.25. The summed E-state index contributed by atoms with van der Waals surface area (Å²) in [5.41, 5.74) is 0. The van der Waals surface area contributed by atoms with Crippen LogP contribution < -0.4 is 0 Å². The van der Waals surface area contributed by atoms with Gasteiger partial charge in [-0.25, -0.2) is 0 Å². The van der Waals surface area contributed by atoms with Gasteiger partial charge in [-0.2, -0.15) is 0 Å². The molecule has 0 aliphatic rings. The Kier molecular flexibility index (Phi) is 5.04. The highest BCUT2D eigenvalue weighted by Crippen LogP contribution is 2.05. The number of aliphatic hydroxyl groups is 5. The SMILES string of the molecule is C[C@@H](O)[C@@H](O)[C@@H](O)[C@H](O)C(=O)CO. The quantitative estimate of drug-likeness (QED) is 0.318. The minimum Gasteiger partial charge on any atom is -0.391 e. The molecular weight excluding hydrogens is 180 g/mol. The maximum atomic E-state index is 10.6. The molecule has 0 amide bonds. The number of rotatable bonds is 5. The molecular formula is C7H14O6. The Morgan fingerprint density at radius 2 is 1.62 bits per heavy atom. The van der Waals surface area contributed by atoms with E-state index in [2.05, 4.69) is 0 Å². The number of Topliss-reactive ketones (excluding diaryl/α,β-unsaturated/α-hetero) is 1. The van der Waals surface area contributed by atoms with Crippen LogP contribution in [0.5, 0.6) is 0 Å². The van der Waals surface area contributed by atoms with Crippen LogP contribution in [0.15, 0.2) is 0 Å². The summed E-state index contributed by atoms with van der Waals surface area (Å²) in [6.45, 7) is 0.273. The van der Waals surface area contributed by atoms with Crippen molar-refractivity contribution in [1.82, 2.24) is 0 Å². The average Bonchev–Trinajstić information content (AvgIpc) is 2.12. The summed E-state index contributed by atoms with van der Waals surface area (Å²) in [5, 5.41) is 44.2. The summed E-state index contributed by atoms with van der Waals surface area (Å²) >= 11 is 0. The number of ketones is 1. The zero-order chi connectivity index (χ0) is 10.6. The lowest BCUT2D eigenvalue weighted by atomic mass is 10.0. The van der Waals surface area contributed by atoms with E-state index in [-0.39, 0.29) is 0 Å². The van der Waals surface area contributed by atoms with Crippen molar-refractivity contribution in [2.45, 2.75) is 31.3 Å². The van der Waals surface area contributed by atoms with Gasteiger partial charge in [0, 0.05) is 0 Å².